The number of Topliss-reactive ketones (excluding diaryl/α,β-unsaturated/α-hetero) is 1. The van der Waals surface area contributed by atoms with Crippen LogP contribution in [-0.4, -0.2) is 43.3 Å². The van der Waals surface area contributed by atoms with Crippen LogP contribution in [0.5, 0.6) is 11.5 Å². The van der Waals surface area contributed by atoms with Crippen LogP contribution in [0.25, 0.3) is 22.2 Å². The fraction of sp³-hybridized carbons (Fsp3) is 0.226. The van der Waals surface area contributed by atoms with Crippen molar-refractivity contribution in [1.82, 2.24) is 19.7 Å². The number of H-pyrrole nitrogens is 1. The van der Waals surface area contributed by atoms with E-state index in [1.807, 2.05) is 13.8 Å². The van der Waals surface area contributed by atoms with Gasteiger partial charge >= 0.3 is 0 Å². The van der Waals surface area contributed by atoms with Crippen LogP contribution in [0, 0.1) is 11.6 Å². The van der Waals surface area contributed by atoms with E-state index in [-0.39, 0.29) is 47.7 Å². The summed E-state index contributed by atoms with van der Waals surface area (Å²) in [5, 5.41) is 19.9. The Balaban J connectivity index is 1.41. The minimum atomic E-state index is -0.702. The number of anilines is 1. The van der Waals surface area contributed by atoms with Crippen molar-refractivity contribution in [3.63, 3.8) is 0 Å². The van der Waals surface area contributed by atoms with E-state index in [9.17, 15) is 19.1 Å². The van der Waals surface area contributed by atoms with Crippen molar-refractivity contribution in [3.05, 3.63) is 100 Å². The second-order valence-corrected chi connectivity index (χ2v) is 10.3. The Morgan fingerprint density at radius 2 is 1.83 bits per heavy atom. The number of fused-ring (bicyclic) bond motifs is 1. The maximum atomic E-state index is 15.2. The molecule has 5 aromatic rings. The number of aliphatic hydroxyl groups excluding tert-OH is 1. The number of aromatic amines is 1. The van der Waals surface area contributed by atoms with E-state index in [0.29, 0.717) is 28.0 Å². The van der Waals surface area contributed by atoms with E-state index >= 15 is 4.39 Å². The summed E-state index contributed by atoms with van der Waals surface area (Å²) < 4.78 is 36.3. The number of hydrogen-bond acceptors (Lipinski definition) is 7. The van der Waals surface area contributed by atoms with Crippen LogP contribution in [0.2, 0.25) is 0 Å². The molecule has 9 nitrogen and oxygen atoms in total. The van der Waals surface area contributed by atoms with Crippen LogP contribution in [0.3, 0.4) is 0 Å². The molecule has 42 heavy (non-hydrogen) atoms. The summed E-state index contributed by atoms with van der Waals surface area (Å²) >= 11 is 0. The van der Waals surface area contributed by atoms with Crippen LogP contribution in [0.15, 0.2) is 71.9 Å². The smallest absolute Gasteiger partial charge is 0.200 e. The summed E-state index contributed by atoms with van der Waals surface area (Å²) in [6.45, 7) is 5.47. The Hall–Kier alpha value is -4.90. The predicted molar refractivity (Wildman–Crippen MR) is 155 cm³/mol. The lowest BCUT2D eigenvalue weighted by atomic mass is 9.99. The monoisotopic (exact) mass is 573 g/mol. The number of aliphatic hydroxyl groups is 1. The normalized spacial score (nSPS) is 12.1. The molecule has 0 aliphatic rings. The molecule has 3 aromatic heterocycles. The molecule has 11 heteroatoms. The summed E-state index contributed by atoms with van der Waals surface area (Å²) in [6, 6.07) is 10.9. The van der Waals surface area contributed by atoms with Gasteiger partial charge in [-0.25, -0.2) is 13.8 Å². The van der Waals surface area contributed by atoms with Gasteiger partial charge in [-0.1, -0.05) is 18.2 Å². The van der Waals surface area contributed by atoms with Crippen molar-refractivity contribution in [2.45, 2.75) is 39.3 Å². The number of carbonyl (C=O) groups is 1. The van der Waals surface area contributed by atoms with Crippen molar-refractivity contribution in [3.8, 4) is 22.6 Å². The fourth-order valence-corrected chi connectivity index (χ4v) is 4.46. The molecule has 0 unspecified atom stereocenters. The summed E-state index contributed by atoms with van der Waals surface area (Å²) in [5.41, 5.74) is 1.01. The molecule has 3 heterocycles. The zero-order valence-corrected chi connectivity index (χ0v) is 23.2. The van der Waals surface area contributed by atoms with Gasteiger partial charge in [0.2, 0.25) is 0 Å². The van der Waals surface area contributed by atoms with E-state index < -0.39 is 22.8 Å². The molecule has 0 saturated carbocycles. The van der Waals surface area contributed by atoms with Gasteiger partial charge in [0, 0.05) is 48.7 Å². The largest absolute Gasteiger partial charge is 0.453 e. The van der Waals surface area contributed by atoms with Gasteiger partial charge in [-0.2, -0.15) is 5.10 Å². The highest BCUT2D eigenvalue weighted by Gasteiger charge is 2.20. The third-order valence-corrected chi connectivity index (χ3v) is 6.76. The number of ketones is 1. The van der Waals surface area contributed by atoms with E-state index in [4.69, 9.17) is 4.74 Å². The molecule has 0 spiro atoms. The minimum absolute atomic E-state index is 0.0393. The summed E-state index contributed by atoms with van der Waals surface area (Å²) in [6.07, 6.45) is 4.42. The maximum Gasteiger partial charge on any atom is 0.200 e. The number of benzene rings is 2. The highest BCUT2D eigenvalue weighted by Crippen LogP contribution is 2.34. The molecule has 2 aromatic carbocycles. The maximum absolute atomic E-state index is 15.2. The van der Waals surface area contributed by atoms with E-state index in [1.54, 1.807) is 29.8 Å². The summed E-state index contributed by atoms with van der Waals surface area (Å²) in [5.74, 6) is -1.01. The Morgan fingerprint density at radius 1 is 1.07 bits per heavy atom. The Kier molecular flexibility index (Phi) is 8.12. The lowest BCUT2D eigenvalue weighted by Crippen LogP contribution is -2.22. The number of halogens is 2. The quantitative estimate of drug-likeness (QED) is 0.184. The first kappa shape index (κ1) is 28.6. The standard InChI is InChI=1S/C31H29F2N5O4/c1-17(2)38-14-22(20-5-7-21(32)8-6-20)29(41)23(15-38)25(40)13-19-4-9-26(24(33)12-19)42-27-10-11-34-30-28(27)31(37-36-30)35-18(3)16-39/h4-12,14-15,17-18,39H,13,16H2,1-3H3,(H2,34,35,36,37)/t18-/m0/s1. The van der Waals surface area contributed by atoms with Crippen LogP contribution in [0.4, 0.5) is 14.6 Å². The molecule has 0 aliphatic carbocycles. The van der Waals surface area contributed by atoms with E-state index in [1.165, 1.54) is 48.8 Å². The van der Waals surface area contributed by atoms with E-state index in [0.717, 1.165) is 0 Å². The lowest BCUT2D eigenvalue weighted by molar-refractivity contribution is 0.0991. The Labute approximate surface area is 239 Å². The Morgan fingerprint density at radius 3 is 2.52 bits per heavy atom. The van der Waals surface area contributed by atoms with Gasteiger partial charge in [0.15, 0.2) is 34.2 Å². The number of aromatic nitrogens is 4. The first-order chi connectivity index (χ1) is 20.1. The summed E-state index contributed by atoms with van der Waals surface area (Å²) in [4.78, 5) is 30.9. The number of rotatable bonds is 10. The molecular weight excluding hydrogens is 544 g/mol. The van der Waals surface area contributed by atoms with Crippen molar-refractivity contribution < 1.29 is 23.4 Å². The predicted octanol–water partition coefficient (Wildman–Crippen LogP) is 5.66. The fourth-order valence-electron chi connectivity index (χ4n) is 4.46. The highest BCUT2D eigenvalue weighted by atomic mass is 19.1. The molecule has 0 aliphatic heterocycles. The highest BCUT2D eigenvalue weighted by molar-refractivity contribution is 5.98. The van der Waals surface area contributed by atoms with Crippen LogP contribution in [0.1, 0.15) is 42.7 Å². The van der Waals surface area contributed by atoms with Gasteiger partial charge in [-0.15, -0.1) is 0 Å². The molecule has 1 atom stereocenters. The van der Waals surface area contributed by atoms with Crippen molar-refractivity contribution >= 4 is 22.6 Å². The number of ether oxygens (including phenoxy) is 1. The van der Waals surface area contributed by atoms with Crippen LogP contribution >= 0.6 is 0 Å². The van der Waals surface area contributed by atoms with Gasteiger partial charge in [0.25, 0.3) is 0 Å². The molecule has 0 saturated heterocycles. The zero-order valence-electron chi connectivity index (χ0n) is 23.2. The van der Waals surface area contributed by atoms with Gasteiger partial charge in [-0.05, 0) is 56.2 Å². The molecule has 3 N–H and O–H groups in total. The van der Waals surface area contributed by atoms with Gasteiger partial charge in [0.05, 0.1) is 12.2 Å². The van der Waals surface area contributed by atoms with Gasteiger partial charge in [0.1, 0.15) is 17.0 Å². The molecule has 216 valence electrons. The number of hydrogen-bond donors (Lipinski definition) is 3. The zero-order chi connectivity index (χ0) is 30.0. The van der Waals surface area contributed by atoms with E-state index in [2.05, 4.69) is 20.5 Å². The van der Waals surface area contributed by atoms with Crippen LogP contribution in [-0.2, 0) is 6.42 Å². The van der Waals surface area contributed by atoms with Crippen molar-refractivity contribution in [1.29, 1.82) is 0 Å². The average Bonchev–Trinajstić information content (AvgIpc) is 3.38. The third kappa shape index (κ3) is 5.91. The molecule has 0 radical (unpaired) electrons. The number of carbonyl (C=O) groups excluding carboxylic acids is 1. The molecule has 5 rings (SSSR count). The second-order valence-electron chi connectivity index (χ2n) is 10.3. The third-order valence-electron chi connectivity index (χ3n) is 6.76. The van der Waals surface area contributed by atoms with Crippen LogP contribution < -0.4 is 15.5 Å². The Bertz CT molecular complexity index is 1820. The van der Waals surface area contributed by atoms with Gasteiger partial charge in [-0.3, -0.25) is 14.7 Å². The topological polar surface area (TPSA) is 122 Å². The molecular formula is C31H29F2N5O4. The molecule has 0 bridgehead atoms. The first-order valence-corrected chi connectivity index (χ1v) is 13.4. The van der Waals surface area contributed by atoms with Crippen molar-refractivity contribution in [2.24, 2.45) is 0 Å². The number of pyridine rings is 2. The number of nitrogens with one attached hydrogen (secondary N) is 2. The van der Waals surface area contributed by atoms with Crippen molar-refractivity contribution in [2.75, 3.05) is 11.9 Å². The summed E-state index contributed by atoms with van der Waals surface area (Å²) in [7, 11) is 0. The molecule has 0 fully saturated rings. The SMILES string of the molecule is CC(C)n1cc(C(=O)Cc2ccc(Oc3ccnc4[nH]nc(N[C@@H](C)CO)c34)c(F)c2)c(=O)c(-c2ccc(F)cc2)c1. The minimum Gasteiger partial charge on any atom is -0.453 e. The second kappa shape index (κ2) is 11.9. The average molecular weight is 574 g/mol. The van der Waals surface area contributed by atoms with Gasteiger partial charge < -0.3 is 19.7 Å². The number of nitrogens with zero attached hydrogens (tertiary/aromatic N) is 3. The molecule has 0 amide bonds. The first-order valence-electron chi connectivity index (χ1n) is 13.4. The lowest BCUT2D eigenvalue weighted by Gasteiger charge is -2.15.